The smallest absolute Gasteiger partial charge is 0.281 e. The Labute approximate surface area is 391 Å². The summed E-state index contributed by atoms with van der Waals surface area (Å²) in [6.45, 7) is 2.32. The molecule has 20 nitrogen and oxygen atoms in total. The van der Waals surface area contributed by atoms with Crippen LogP contribution in [-0.4, -0.2) is 99.3 Å². The second kappa shape index (κ2) is 18.3. The minimum Gasteiger partial charge on any atom is -0.386 e. The van der Waals surface area contributed by atoms with E-state index >= 15 is 0 Å². The Hall–Kier alpha value is -8.16. The molecule has 0 radical (unpaired) electrons. The van der Waals surface area contributed by atoms with Crippen molar-refractivity contribution in [1.29, 1.82) is 0 Å². The Morgan fingerprint density at radius 3 is 1.63 bits per heavy atom. The maximum atomic E-state index is 13.5. The first-order valence-corrected chi connectivity index (χ1v) is 22.5. The van der Waals surface area contributed by atoms with Crippen LogP contribution in [0.4, 0.5) is 11.9 Å². The lowest BCUT2D eigenvalue weighted by molar-refractivity contribution is -0.130. The highest BCUT2D eigenvalue weighted by Crippen LogP contribution is 2.57. The van der Waals surface area contributed by atoms with Crippen molar-refractivity contribution in [3.05, 3.63) is 120 Å². The molecule has 0 spiro atoms. The second-order valence-corrected chi connectivity index (χ2v) is 17.9. The van der Waals surface area contributed by atoms with Crippen molar-refractivity contribution in [3.8, 4) is 22.3 Å². The Morgan fingerprint density at radius 2 is 1.16 bits per heavy atom. The summed E-state index contributed by atoms with van der Waals surface area (Å²) >= 11 is 0. The summed E-state index contributed by atoms with van der Waals surface area (Å²) in [6.07, 6.45) is 16.9. The number of carbonyl (C=O) groups is 4. The van der Waals surface area contributed by atoms with Gasteiger partial charge >= 0.3 is 0 Å². The van der Waals surface area contributed by atoms with Crippen LogP contribution in [0.15, 0.2) is 108 Å². The average molecular weight is 917 g/mol. The molecule has 20 heteroatoms. The van der Waals surface area contributed by atoms with E-state index in [1.807, 2.05) is 55.5 Å². The first-order chi connectivity index (χ1) is 32.7. The molecule has 9 rings (SSSR count). The van der Waals surface area contributed by atoms with Crippen molar-refractivity contribution in [1.82, 2.24) is 49.7 Å². The quantitative estimate of drug-likeness (QED) is 0.0730. The molecule has 2 aromatic carbocycles. The van der Waals surface area contributed by atoms with E-state index in [4.69, 9.17) is 22.9 Å². The zero-order valence-electron chi connectivity index (χ0n) is 37.7. The summed E-state index contributed by atoms with van der Waals surface area (Å²) in [5.41, 5.74) is 29.1. The summed E-state index contributed by atoms with van der Waals surface area (Å²) < 4.78 is 2.83. The predicted molar refractivity (Wildman–Crippen MR) is 253 cm³/mol. The fraction of sp³-hybridized carbons (Fsp3) is 0.333. The average Bonchev–Trinajstić information content (AvgIpc) is 3.62. The van der Waals surface area contributed by atoms with Crippen molar-refractivity contribution >= 4 is 47.2 Å². The van der Waals surface area contributed by atoms with Crippen LogP contribution in [-0.2, 0) is 33.5 Å². The van der Waals surface area contributed by atoms with Gasteiger partial charge in [0.15, 0.2) is 0 Å². The molecule has 2 atom stereocenters. The number of aliphatic imine (C=N–C) groups is 2. The molecule has 9 N–H and O–H groups in total. The molecular formula is C48H52N16O4. The van der Waals surface area contributed by atoms with Crippen LogP contribution >= 0.6 is 0 Å². The molecule has 4 heterocycles. The van der Waals surface area contributed by atoms with E-state index < -0.39 is 22.6 Å². The predicted octanol–water partition coefficient (Wildman–Crippen LogP) is 3.31. The summed E-state index contributed by atoms with van der Waals surface area (Å²) in [5.74, 6) is -0.303. The lowest BCUT2D eigenvalue weighted by atomic mass is 9.56. The van der Waals surface area contributed by atoms with E-state index in [2.05, 4.69) is 45.4 Å². The monoisotopic (exact) mass is 916 g/mol. The van der Waals surface area contributed by atoms with Crippen molar-refractivity contribution in [2.24, 2.45) is 33.3 Å². The Morgan fingerprint density at radius 1 is 0.691 bits per heavy atom. The minimum atomic E-state index is -0.746. The molecular weight excluding hydrogens is 865 g/mol. The van der Waals surface area contributed by atoms with Gasteiger partial charge < -0.3 is 33.2 Å². The highest BCUT2D eigenvalue weighted by atomic mass is 16.2. The number of benzene rings is 2. The van der Waals surface area contributed by atoms with E-state index in [-0.39, 0.29) is 77.5 Å². The zero-order valence-corrected chi connectivity index (χ0v) is 37.7. The molecule has 348 valence electrons. The Bertz CT molecular complexity index is 2910. The van der Waals surface area contributed by atoms with Crippen molar-refractivity contribution in [2.75, 3.05) is 25.1 Å². The van der Waals surface area contributed by atoms with Crippen molar-refractivity contribution in [2.45, 2.75) is 75.4 Å². The number of nitrogens with two attached hydrogens (primary N) is 4. The van der Waals surface area contributed by atoms with Gasteiger partial charge in [-0.2, -0.15) is 20.2 Å². The van der Waals surface area contributed by atoms with Gasteiger partial charge in [-0.05, 0) is 73.1 Å². The van der Waals surface area contributed by atoms with Crippen LogP contribution in [0.25, 0.3) is 22.3 Å². The standard InChI is InChI=1S/C48H52N16O4/c1-3-62(2)40(66)27-64-25-34(23-58-64)42(68)61-44(50)48(36-11-7-29(8-12-36)32-20-55-46(52)56-21-32)16-30(17-48)37-15-38(37)59-39(65)26-63-24-33(22-57-63)41(67)60-43(49)47(13-4-14-47)35-9-5-28(6-10-35)31-18-53-45(51)54-19-31/h5-12,18-25,30,37-38H,3-4,13-17,26-27H2,1-2H3,(H,59,65)(H2,49,60,67)(H2,50,61,68)(H2,51,53,54)(H2,52,55,56). The number of hydrogen-bond donors (Lipinski definition) is 5. The van der Waals surface area contributed by atoms with E-state index in [9.17, 15) is 19.2 Å². The van der Waals surface area contributed by atoms with Crippen molar-refractivity contribution in [3.63, 3.8) is 0 Å². The third-order valence-corrected chi connectivity index (χ3v) is 13.8. The van der Waals surface area contributed by atoms with Gasteiger partial charge in [-0.25, -0.2) is 19.9 Å². The van der Waals surface area contributed by atoms with Gasteiger partial charge in [0, 0.05) is 67.9 Å². The number of nitrogens with one attached hydrogen (secondary N) is 1. The van der Waals surface area contributed by atoms with Gasteiger partial charge in [-0.1, -0.05) is 55.0 Å². The summed E-state index contributed by atoms with van der Waals surface area (Å²) in [4.78, 5) is 79.3. The van der Waals surface area contributed by atoms with E-state index in [1.165, 1.54) is 34.2 Å². The largest absolute Gasteiger partial charge is 0.386 e. The molecule has 0 saturated heterocycles. The maximum absolute atomic E-state index is 13.5. The zero-order chi connectivity index (χ0) is 47.7. The van der Waals surface area contributed by atoms with Crippen LogP contribution in [0, 0.1) is 11.8 Å². The van der Waals surface area contributed by atoms with E-state index in [1.54, 1.807) is 36.7 Å². The summed E-state index contributed by atoms with van der Waals surface area (Å²) in [7, 11) is 1.70. The van der Waals surface area contributed by atoms with Gasteiger partial charge in [0.2, 0.25) is 23.7 Å². The Balaban J connectivity index is 0.829. The molecule has 3 aliphatic rings. The Kier molecular flexibility index (Phi) is 12.1. The third kappa shape index (κ3) is 9.03. The molecule has 4 aromatic heterocycles. The number of aromatic nitrogens is 8. The fourth-order valence-corrected chi connectivity index (χ4v) is 9.31. The lowest BCUT2D eigenvalue weighted by Gasteiger charge is -2.48. The topological polar surface area (TPSA) is 300 Å². The number of hydrogen-bond acceptors (Lipinski definition) is 12. The lowest BCUT2D eigenvalue weighted by Crippen LogP contribution is -2.52. The molecule has 2 unspecified atom stereocenters. The maximum Gasteiger partial charge on any atom is 0.281 e. The first kappa shape index (κ1) is 45.0. The highest BCUT2D eigenvalue weighted by Gasteiger charge is 2.57. The summed E-state index contributed by atoms with van der Waals surface area (Å²) in [6, 6.07) is 15.7. The van der Waals surface area contributed by atoms with Crippen LogP contribution in [0.2, 0.25) is 0 Å². The number of nitrogen functional groups attached to an aromatic ring is 2. The number of nitrogens with zero attached hydrogens (tertiary/aromatic N) is 11. The van der Waals surface area contributed by atoms with Gasteiger partial charge in [0.05, 0.1) is 34.4 Å². The van der Waals surface area contributed by atoms with Gasteiger partial charge in [0.1, 0.15) is 24.8 Å². The molecule has 0 bridgehead atoms. The number of anilines is 2. The number of amidine groups is 2. The van der Waals surface area contributed by atoms with Crippen LogP contribution in [0.5, 0.6) is 0 Å². The van der Waals surface area contributed by atoms with Gasteiger partial charge in [-0.3, -0.25) is 28.5 Å². The summed E-state index contributed by atoms with van der Waals surface area (Å²) in [5, 5.41) is 11.6. The first-order valence-electron chi connectivity index (χ1n) is 22.5. The van der Waals surface area contributed by atoms with Gasteiger partial charge in [-0.15, -0.1) is 0 Å². The normalized spacial score (nSPS) is 20.7. The van der Waals surface area contributed by atoms with E-state index in [0.717, 1.165) is 59.1 Å². The van der Waals surface area contributed by atoms with E-state index in [0.29, 0.717) is 19.4 Å². The van der Waals surface area contributed by atoms with Crippen LogP contribution < -0.4 is 28.3 Å². The molecule has 68 heavy (non-hydrogen) atoms. The number of carbonyl (C=O) groups excluding carboxylic acids is 4. The number of likely N-dealkylation sites (N-methyl/N-ethyl adjacent to an activating group) is 1. The van der Waals surface area contributed by atoms with Gasteiger partial charge in [0.25, 0.3) is 11.8 Å². The SMILES string of the molecule is CCN(C)C(=O)Cn1cc(C(=O)N=C(N)C2(c3ccc(-c4cnc(N)nc4)cc3)CC(C3CC3NC(=O)Cn3cc(C(=O)N=C(N)C4(c5ccc(-c6cnc(N)nc6)cc5)CCC4)cn3)C2)cn1. The fourth-order valence-electron chi connectivity index (χ4n) is 9.31. The van der Waals surface area contributed by atoms with Crippen LogP contribution in [0.1, 0.15) is 77.3 Å². The molecule has 3 fully saturated rings. The number of amides is 4. The highest BCUT2D eigenvalue weighted by molar-refractivity contribution is 6.07. The third-order valence-electron chi connectivity index (χ3n) is 13.8. The molecule has 3 aliphatic carbocycles. The second-order valence-electron chi connectivity index (χ2n) is 17.9. The minimum absolute atomic E-state index is 0.0110. The molecule has 0 aliphatic heterocycles. The number of rotatable bonds is 15. The molecule has 3 saturated carbocycles. The molecule has 6 aromatic rings. The van der Waals surface area contributed by atoms with Crippen molar-refractivity contribution < 1.29 is 19.2 Å². The van der Waals surface area contributed by atoms with Crippen LogP contribution in [0.3, 0.4) is 0 Å². The molecule has 4 amide bonds.